The molecule has 0 unspecified atom stereocenters. The molecule has 0 fully saturated rings. The fraction of sp³-hybridized carbons (Fsp3) is 0.118. The molecule has 7 aromatic rings. The smallest absolute Gasteiger partial charge is 0.252 e. The minimum Gasteiger partial charge on any atom is -0.494 e. The zero-order valence-electron chi connectivity index (χ0n) is 28.9. The topological polar surface area (TPSA) is 243 Å². The zero-order valence-corrected chi connectivity index (χ0v) is 28.9. The number of nitrogens with one attached hydrogen (secondary N) is 4. The maximum Gasteiger partial charge on any atom is 0.252 e. The third-order valence-electron chi connectivity index (χ3n) is 9.04. The number of nitrogens with two attached hydrogens (primary N) is 2. The summed E-state index contributed by atoms with van der Waals surface area (Å²) in [6, 6.07) is 9.23. The number of amidine groups is 1. The first-order chi connectivity index (χ1) is 27.0. The first kappa shape index (κ1) is 35.4. The van der Waals surface area contributed by atoms with E-state index in [1.165, 1.54) is 38.5 Å². The van der Waals surface area contributed by atoms with Crippen molar-refractivity contribution in [3.05, 3.63) is 88.5 Å². The van der Waals surface area contributed by atoms with Crippen LogP contribution in [-0.4, -0.2) is 71.6 Å². The van der Waals surface area contributed by atoms with E-state index in [2.05, 4.69) is 42.2 Å². The number of aromatic amines is 1. The van der Waals surface area contributed by atoms with Crippen LogP contribution in [0.4, 0.5) is 17.6 Å². The number of tetrazole rings is 1. The molecule has 8 N–H and O–H groups in total. The van der Waals surface area contributed by atoms with Gasteiger partial charge in [0, 0.05) is 36.3 Å². The molecule has 0 bridgehead atoms. The van der Waals surface area contributed by atoms with Crippen LogP contribution in [0.25, 0.3) is 56.2 Å². The number of fused-ring (bicyclic) bond motifs is 2. The van der Waals surface area contributed by atoms with Gasteiger partial charge in [0.25, 0.3) is 11.8 Å². The number of aryl methyl sites for hydroxylation is 2. The molecule has 3 aromatic heterocycles. The summed E-state index contributed by atoms with van der Waals surface area (Å²) in [5.74, 6) is -5.91. The predicted molar refractivity (Wildman–Crippen MR) is 189 cm³/mol. The Bertz CT molecular complexity index is 2780. The largest absolute Gasteiger partial charge is 0.494 e. The van der Waals surface area contributed by atoms with E-state index in [-0.39, 0.29) is 92.3 Å². The molecule has 1 aliphatic rings. The number of primary amides is 2. The number of nitrogens with zero attached hydrogens (tertiary/aromatic N) is 8. The number of H-pyrrole nitrogens is 1. The summed E-state index contributed by atoms with van der Waals surface area (Å²) in [4.78, 5) is 34.2. The summed E-state index contributed by atoms with van der Waals surface area (Å²) in [6.45, 7) is -0.234. The lowest BCUT2D eigenvalue weighted by Gasteiger charge is -2.16. The van der Waals surface area contributed by atoms with E-state index in [1.807, 2.05) is 0 Å². The standard InChI is InChI=1S/C34H26F4N14O4/c1-55-27-15(29(39)53)3-5-21-25(27)41-33(23-17(31-43-47-48-44-31)9-13(35)11-19(23)37)51(21)7-8-52-22-6-4-16(30(40)54)28(56-2)26(22)42-34(52)24-18(32-45-49-50-46-32)10-14(36)12-20(24)38/h3-6,9-12,47-48H,7-8H2,1-2H3,(H2,39,53)(H2,40,54)(H,43,44)(H,45,46,49,50). The number of methoxy groups -OCH3 is 2. The number of rotatable bonds is 11. The Hall–Kier alpha value is -7.62. The number of hydrazine groups is 2. The molecule has 4 aromatic carbocycles. The van der Waals surface area contributed by atoms with E-state index < -0.39 is 35.1 Å². The van der Waals surface area contributed by atoms with Gasteiger partial charge in [0.2, 0.25) is 5.82 Å². The van der Waals surface area contributed by atoms with Crippen molar-refractivity contribution in [2.24, 2.45) is 16.6 Å². The van der Waals surface area contributed by atoms with Crippen molar-refractivity contribution in [3.63, 3.8) is 0 Å². The number of benzene rings is 4. The lowest BCUT2D eigenvalue weighted by molar-refractivity contribution is 0.0989. The summed E-state index contributed by atoms with van der Waals surface area (Å²) < 4.78 is 76.0. The minimum atomic E-state index is -1.04. The van der Waals surface area contributed by atoms with Crippen molar-refractivity contribution >= 4 is 39.7 Å². The number of carbonyl (C=O) groups excluding carboxylic acids is 2. The quantitative estimate of drug-likeness (QED) is 0.104. The normalized spacial score (nSPS) is 12.5. The third-order valence-corrected chi connectivity index (χ3v) is 9.04. The van der Waals surface area contributed by atoms with E-state index in [0.717, 1.165) is 12.1 Å². The van der Waals surface area contributed by atoms with Crippen molar-refractivity contribution in [3.8, 4) is 45.7 Å². The van der Waals surface area contributed by atoms with E-state index in [4.69, 9.17) is 30.9 Å². The summed E-state index contributed by atoms with van der Waals surface area (Å²) in [5.41, 5.74) is 19.1. The Morgan fingerprint density at radius 1 is 0.750 bits per heavy atom. The summed E-state index contributed by atoms with van der Waals surface area (Å²) in [7, 11) is 2.60. The highest BCUT2D eigenvalue weighted by atomic mass is 19.1. The second-order valence-electron chi connectivity index (χ2n) is 12.1. The Labute approximate surface area is 310 Å². The number of hydrogen-bond acceptors (Lipinski definition) is 13. The van der Waals surface area contributed by atoms with Crippen LogP contribution >= 0.6 is 0 Å². The van der Waals surface area contributed by atoms with Gasteiger partial charge in [0.15, 0.2) is 17.3 Å². The van der Waals surface area contributed by atoms with E-state index >= 15 is 8.78 Å². The van der Waals surface area contributed by atoms with Crippen LogP contribution < -0.4 is 37.4 Å². The van der Waals surface area contributed by atoms with Crippen LogP contribution in [0.15, 0.2) is 53.6 Å². The van der Waals surface area contributed by atoms with Gasteiger partial charge in [-0.05, 0) is 41.6 Å². The van der Waals surface area contributed by atoms with E-state index in [0.29, 0.717) is 23.2 Å². The number of amides is 2. The van der Waals surface area contributed by atoms with Gasteiger partial charge in [0.1, 0.15) is 46.0 Å². The molecule has 18 nitrogen and oxygen atoms in total. The Balaban J connectivity index is 1.39. The Morgan fingerprint density at radius 3 is 1.71 bits per heavy atom. The summed E-state index contributed by atoms with van der Waals surface area (Å²) in [6.07, 6.45) is 0. The second-order valence-corrected chi connectivity index (χ2v) is 12.1. The monoisotopic (exact) mass is 770 g/mol. The summed E-state index contributed by atoms with van der Waals surface area (Å²) in [5, 5.41) is 17.7. The lowest BCUT2D eigenvalue weighted by atomic mass is 10.0. The van der Waals surface area contributed by atoms with E-state index in [1.54, 1.807) is 9.13 Å². The van der Waals surface area contributed by atoms with Gasteiger partial charge in [-0.25, -0.2) is 33.1 Å². The fourth-order valence-corrected chi connectivity index (χ4v) is 6.74. The molecule has 56 heavy (non-hydrogen) atoms. The number of aromatic nitrogens is 8. The zero-order chi connectivity index (χ0) is 39.4. The number of hydrazone groups is 1. The maximum atomic E-state index is 16.1. The van der Waals surface area contributed by atoms with Crippen molar-refractivity contribution in [1.29, 1.82) is 0 Å². The van der Waals surface area contributed by atoms with Crippen molar-refractivity contribution in [2.75, 3.05) is 14.2 Å². The van der Waals surface area contributed by atoms with Crippen molar-refractivity contribution in [1.82, 2.24) is 56.2 Å². The van der Waals surface area contributed by atoms with Gasteiger partial charge >= 0.3 is 0 Å². The molecule has 22 heteroatoms. The van der Waals surface area contributed by atoms with Crippen molar-refractivity contribution < 1.29 is 36.6 Å². The first-order valence-electron chi connectivity index (χ1n) is 16.3. The Kier molecular flexibility index (Phi) is 8.64. The molecular weight excluding hydrogens is 744 g/mol. The van der Waals surface area contributed by atoms with E-state index in [9.17, 15) is 18.4 Å². The number of hydrogen-bond donors (Lipinski definition) is 6. The second kappa shape index (κ2) is 13.7. The minimum absolute atomic E-state index is 0.0165. The highest BCUT2D eigenvalue weighted by molar-refractivity contribution is 6.06. The van der Waals surface area contributed by atoms with Crippen LogP contribution in [0.1, 0.15) is 26.3 Å². The van der Waals surface area contributed by atoms with Gasteiger partial charge in [-0.3, -0.25) is 15.0 Å². The fourth-order valence-electron chi connectivity index (χ4n) is 6.74. The van der Waals surface area contributed by atoms with Gasteiger partial charge in [-0.15, -0.1) is 20.8 Å². The van der Waals surface area contributed by atoms with Crippen molar-refractivity contribution in [2.45, 2.75) is 13.1 Å². The highest BCUT2D eigenvalue weighted by Gasteiger charge is 2.29. The third kappa shape index (κ3) is 5.71. The highest BCUT2D eigenvalue weighted by Crippen LogP contribution is 2.40. The van der Waals surface area contributed by atoms with Gasteiger partial charge < -0.3 is 30.1 Å². The molecule has 284 valence electrons. The average Bonchev–Trinajstić information content (AvgIpc) is 3.99. The molecule has 2 amide bonds. The predicted octanol–water partition coefficient (Wildman–Crippen LogP) is 2.65. The summed E-state index contributed by atoms with van der Waals surface area (Å²) >= 11 is 0. The first-order valence-corrected chi connectivity index (χ1v) is 16.3. The molecule has 0 saturated heterocycles. The molecule has 0 spiro atoms. The molecular formula is C34H26F4N14O4. The van der Waals surface area contributed by atoms with Crippen LogP contribution in [0.3, 0.4) is 0 Å². The molecule has 4 heterocycles. The van der Waals surface area contributed by atoms with Gasteiger partial charge in [-0.2, -0.15) is 5.21 Å². The van der Waals surface area contributed by atoms with Crippen LogP contribution in [0, 0.1) is 23.3 Å². The van der Waals surface area contributed by atoms with Crippen LogP contribution in [0.5, 0.6) is 11.5 Å². The lowest BCUT2D eigenvalue weighted by Crippen LogP contribution is -2.35. The molecule has 0 saturated carbocycles. The average molecular weight is 771 g/mol. The molecule has 8 rings (SSSR count). The number of ether oxygens (including phenoxy) is 2. The molecule has 0 radical (unpaired) electrons. The van der Waals surface area contributed by atoms with Gasteiger partial charge in [0.05, 0.1) is 47.5 Å². The Morgan fingerprint density at radius 2 is 1.27 bits per heavy atom. The van der Waals surface area contributed by atoms with Crippen LogP contribution in [-0.2, 0) is 13.1 Å². The molecule has 1 aliphatic heterocycles. The maximum absolute atomic E-state index is 16.1. The number of carbonyl (C=O) groups is 2. The number of halogens is 4. The molecule has 0 aliphatic carbocycles. The van der Waals surface area contributed by atoms with Crippen LogP contribution in [0.2, 0.25) is 0 Å². The SMILES string of the molecule is COc1c(C(N)=O)ccc2c1nc(-c1c(F)cc(F)cc1C1=NNNN1)n2CCn1c(-c2c(F)cc(F)cc2-c2nn[nH]n2)nc2c(OC)c(C(N)=O)ccc21. The molecule has 0 atom stereocenters. The number of imidazole rings is 2. The van der Waals surface area contributed by atoms with Gasteiger partial charge in [-0.1, -0.05) is 0 Å².